The first kappa shape index (κ1) is 14.7. The van der Waals surface area contributed by atoms with Crippen LogP contribution in [0.5, 0.6) is 0 Å². The predicted molar refractivity (Wildman–Crippen MR) is 66.2 cm³/mol. The van der Waals surface area contributed by atoms with Crippen LogP contribution in [0, 0.1) is 5.41 Å². The molecular formula is C10H23N5O. The molecule has 16 heavy (non-hydrogen) atoms. The van der Waals surface area contributed by atoms with Crippen molar-refractivity contribution in [3.05, 3.63) is 0 Å². The SMILES string of the molecule is CC(C)(C)CNCCCN=C(N)NC(N)=O. The van der Waals surface area contributed by atoms with Crippen LogP contribution in [-0.4, -0.2) is 31.6 Å². The maximum atomic E-state index is 10.4. The van der Waals surface area contributed by atoms with Crippen LogP contribution < -0.4 is 22.1 Å². The fraction of sp³-hybridized carbons (Fsp3) is 0.800. The Balaban J connectivity index is 3.49. The molecule has 0 heterocycles. The molecule has 0 unspecified atom stereocenters. The second-order valence-corrected chi connectivity index (χ2v) is 4.85. The molecule has 6 N–H and O–H groups in total. The summed E-state index contributed by atoms with van der Waals surface area (Å²) in [5.74, 6) is 0.0725. The summed E-state index contributed by atoms with van der Waals surface area (Å²) in [6, 6.07) is -0.688. The Morgan fingerprint density at radius 1 is 1.31 bits per heavy atom. The Hall–Kier alpha value is -1.30. The third kappa shape index (κ3) is 10.8. The van der Waals surface area contributed by atoms with E-state index in [-0.39, 0.29) is 11.4 Å². The molecule has 0 saturated carbocycles. The van der Waals surface area contributed by atoms with Gasteiger partial charge in [0.2, 0.25) is 0 Å². The Bertz CT molecular complexity index is 244. The maximum absolute atomic E-state index is 10.4. The number of nitrogens with one attached hydrogen (secondary N) is 2. The summed E-state index contributed by atoms with van der Waals surface area (Å²) in [5, 5.41) is 5.52. The van der Waals surface area contributed by atoms with Gasteiger partial charge in [-0.15, -0.1) is 0 Å². The van der Waals surface area contributed by atoms with Crippen LogP contribution in [-0.2, 0) is 0 Å². The fourth-order valence-corrected chi connectivity index (χ4v) is 1.03. The van der Waals surface area contributed by atoms with Crippen LogP contribution in [0.25, 0.3) is 0 Å². The summed E-state index contributed by atoms with van der Waals surface area (Å²) in [7, 11) is 0. The van der Waals surface area contributed by atoms with Gasteiger partial charge in [-0.2, -0.15) is 0 Å². The van der Waals surface area contributed by atoms with E-state index in [0.29, 0.717) is 6.54 Å². The second kappa shape index (κ2) is 7.05. The molecule has 0 fully saturated rings. The zero-order chi connectivity index (χ0) is 12.6. The average molecular weight is 229 g/mol. The van der Waals surface area contributed by atoms with Crippen molar-refractivity contribution in [1.82, 2.24) is 10.6 Å². The molecule has 6 nitrogen and oxygen atoms in total. The normalized spacial score (nSPS) is 12.6. The monoisotopic (exact) mass is 229 g/mol. The number of nitrogens with zero attached hydrogens (tertiary/aromatic N) is 1. The van der Waals surface area contributed by atoms with E-state index >= 15 is 0 Å². The Morgan fingerprint density at radius 3 is 2.44 bits per heavy atom. The van der Waals surface area contributed by atoms with Gasteiger partial charge in [-0.25, -0.2) is 4.79 Å². The smallest absolute Gasteiger partial charge is 0.318 e. The molecule has 0 rings (SSSR count). The van der Waals surface area contributed by atoms with Crippen LogP contribution in [0.2, 0.25) is 0 Å². The Morgan fingerprint density at radius 2 is 1.94 bits per heavy atom. The highest BCUT2D eigenvalue weighted by atomic mass is 16.2. The summed E-state index contributed by atoms with van der Waals surface area (Å²) in [6.45, 7) is 8.94. The van der Waals surface area contributed by atoms with Crippen molar-refractivity contribution in [3.63, 3.8) is 0 Å². The van der Waals surface area contributed by atoms with E-state index in [0.717, 1.165) is 19.5 Å². The lowest BCUT2D eigenvalue weighted by Gasteiger charge is -2.18. The molecule has 94 valence electrons. The third-order valence-electron chi connectivity index (χ3n) is 1.70. The number of carbonyl (C=O) groups excluding carboxylic acids is 1. The number of carbonyl (C=O) groups is 1. The highest BCUT2D eigenvalue weighted by molar-refractivity contribution is 5.94. The van der Waals surface area contributed by atoms with Gasteiger partial charge in [-0.3, -0.25) is 10.3 Å². The molecule has 0 bridgehead atoms. The molecule has 0 aliphatic carbocycles. The van der Waals surface area contributed by atoms with E-state index in [4.69, 9.17) is 11.5 Å². The summed E-state index contributed by atoms with van der Waals surface area (Å²) in [5.41, 5.74) is 10.5. The topological polar surface area (TPSA) is 106 Å². The van der Waals surface area contributed by atoms with Gasteiger partial charge >= 0.3 is 6.03 Å². The maximum Gasteiger partial charge on any atom is 0.318 e. The first-order valence-electron chi connectivity index (χ1n) is 5.38. The number of rotatable bonds is 5. The van der Waals surface area contributed by atoms with E-state index in [1.165, 1.54) is 0 Å². The standard InChI is InChI=1S/C10H23N5O/c1-10(2,3)7-13-5-4-6-14-8(11)15-9(12)16/h13H,4-7H2,1-3H3,(H5,11,12,14,15,16). The molecule has 0 atom stereocenters. The van der Waals surface area contributed by atoms with Crippen molar-refractivity contribution in [3.8, 4) is 0 Å². The summed E-state index contributed by atoms with van der Waals surface area (Å²) in [6.07, 6.45) is 0.872. The van der Waals surface area contributed by atoms with E-state index in [1.54, 1.807) is 0 Å². The first-order chi connectivity index (χ1) is 7.31. The number of nitrogens with two attached hydrogens (primary N) is 2. The van der Waals surface area contributed by atoms with Crippen LogP contribution in [0.3, 0.4) is 0 Å². The van der Waals surface area contributed by atoms with Crippen molar-refractivity contribution >= 4 is 12.0 Å². The van der Waals surface area contributed by atoms with Gasteiger partial charge in [0.05, 0.1) is 0 Å². The van der Waals surface area contributed by atoms with E-state index in [9.17, 15) is 4.79 Å². The van der Waals surface area contributed by atoms with Gasteiger partial charge in [0.25, 0.3) is 0 Å². The first-order valence-corrected chi connectivity index (χ1v) is 5.38. The van der Waals surface area contributed by atoms with Crippen LogP contribution in [0.4, 0.5) is 4.79 Å². The Kier molecular flexibility index (Phi) is 6.48. The lowest BCUT2D eigenvalue weighted by atomic mass is 9.97. The minimum absolute atomic E-state index is 0.0725. The molecule has 0 radical (unpaired) electrons. The van der Waals surface area contributed by atoms with Crippen LogP contribution >= 0.6 is 0 Å². The zero-order valence-electron chi connectivity index (χ0n) is 10.3. The number of urea groups is 1. The Labute approximate surface area is 96.9 Å². The lowest BCUT2D eigenvalue weighted by molar-refractivity contribution is 0.253. The number of aliphatic imine (C=N–C) groups is 1. The van der Waals surface area contributed by atoms with Gasteiger partial charge in [-0.05, 0) is 24.9 Å². The largest absolute Gasteiger partial charge is 0.370 e. The minimum Gasteiger partial charge on any atom is -0.370 e. The van der Waals surface area contributed by atoms with Gasteiger partial charge < -0.3 is 16.8 Å². The van der Waals surface area contributed by atoms with Gasteiger partial charge in [0, 0.05) is 6.54 Å². The molecule has 0 spiro atoms. The van der Waals surface area contributed by atoms with E-state index in [1.807, 2.05) is 0 Å². The predicted octanol–water partition coefficient (Wildman–Crippen LogP) is -0.00480. The quantitative estimate of drug-likeness (QED) is 0.303. The molecule has 0 aromatic carbocycles. The summed E-state index contributed by atoms with van der Waals surface area (Å²) >= 11 is 0. The highest BCUT2D eigenvalue weighted by Gasteiger charge is 2.07. The van der Waals surface area contributed by atoms with Crippen molar-refractivity contribution in [2.75, 3.05) is 19.6 Å². The van der Waals surface area contributed by atoms with Crippen molar-refractivity contribution < 1.29 is 4.79 Å². The van der Waals surface area contributed by atoms with Gasteiger partial charge in [-0.1, -0.05) is 20.8 Å². The number of guanidine groups is 1. The second-order valence-electron chi connectivity index (χ2n) is 4.85. The van der Waals surface area contributed by atoms with Gasteiger partial charge in [0.15, 0.2) is 5.96 Å². The molecule has 0 aromatic heterocycles. The molecule has 6 heteroatoms. The highest BCUT2D eigenvalue weighted by Crippen LogP contribution is 2.09. The van der Waals surface area contributed by atoms with E-state index < -0.39 is 6.03 Å². The third-order valence-corrected chi connectivity index (χ3v) is 1.70. The summed E-state index contributed by atoms with van der Waals surface area (Å²) < 4.78 is 0. The minimum atomic E-state index is -0.688. The molecule has 0 aliphatic rings. The zero-order valence-corrected chi connectivity index (χ0v) is 10.3. The van der Waals surface area contributed by atoms with E-state index in [2.05, 4.69) is 36.4 Å². The number of primary amides is 1. The average Bonchev–Trinajstić information content (AvgIpc) is 2.07. The van der Waals surface area contributed by atoms with Crippen LogP contribution in [0.1, 0.15) is 27.2 Å². The number of hydrogen-bond donors (Lipinski definition) is 4. The number of amides is 2. The molecule has 0 aliphatic heterocycles. The van der Waals surface area contributed by atoms with Gasteiger partial charge in [0.1, 0.15) is 0 Å². The van der Waals surface area contributed by atoms with Crippen molar-refractivity contribution in [2.45, 2.75) is 27.2 Å². The molecule has 0 saturated heterocycles. The van der Waals surface area contributed by atoms with Crippen molar-refractivity contribution in [2.24, 2.45) is 21.9 Å². The molecular weight excluding hydrogens is 206 g/mol. The van der Waals surface area contributed by atoms with Crippen LogP contribution in [0.15, 0.2) is 4.99 Å². The van der Waals surface area contributed by atoms with Crippen molar-refractivity contribution in [1.29, 1.82) is 0 Å². The fourth-order valence-electron chi connectivity index (χ4n) is 1.03. The number of hydrogen-bond acceptors (Lipinski definition) is 3. The molecule has 2 amide bonds. The summed E-state index contributed by atoms with van der Waals surface area (Å²) in [4.78, 5) is 14.3. The molecule has 0 aromatic rings. The lowest BCUT2D eigenvalue weighted by Crippen LogP contribution is -2.40.